The van der Waals surface area contributed by atoms with Gasteiger partial charge in [-0.05, 0) is 48.0 Å². The summed E-state index contributed by atoms with van der Waals surface area (Å²) in [5, 5.41) is 3.29. The summed E-state index contributed by atoms with van der Waals surface area (Å²) < 4.78 is 0. The standard InChI is InChI=1S/C18H21N/c1-18(12-17(18)13-19-2)16-10-8-15(9-11-16)14-6-4-3-5-7-14/h3-11,17,19H,12-13H2,1-2H3. The van der Waals surface area contributed by atoms with Crippen molar-refractivity contribution in [2.24, 2.45) is 5.92 Å². The molecule has 0 radical (unpaired) electrons. The number of benzene rings is 2. The second-order valence-electron chi connectivity index (χ2n) is 5.82. The number of nitrogens with one attached hydrogen (secondary N) is 1. The molecule has 0 aromatic heterocycles. The molecule has 2 aromatic carbocycles. The van der Waals surface area contributed by atoms with Gasteiger partial charge in [0.1, 0.15) is 0 Å². The summed E-state index contributed by atoms with van der Waals surface area (Å²) in [6, 6.07) is 19.7. The molecule has 0 heterocycles. The predicted octanol–water partition coefficient (Wildman–Crippen LogP) is 3.85. The van der Waals surface area contributed by atoms with Crippen LogP contribution >= 0.6 is 0 Å². The molecule has 0 bridgehead atoms. The van der Waals surface area contributed by atoms with Gasteiger partial charge in [-0.15, -0.1) is 0 Å². The molecule has 1 nitrogen and oxygen atoms in total. The van der Waals surface area contributed by atoms with Gasteiger partial charge in [0, 0.05) is 0 Å². The van der Waals surface area contributed by atoms with Crippen LogP contribution in [0.5, 0.6) is 0 Å². The molecular formula is C18H21N. The van der Waals surface area contributed by atoms with Crippen LogP contribution in [0.25, 0.3) is 11.1 Å². The summed E-state index contributed by atoms with van der Waals surface area (Å²) in [7, 11) is 2.04. The van der Waals surface area contributed by atoms with Crippen LogP contribution in [0.3, 0.4) is 0 Å². The van der Waals surface area contributed by atoms with Gasteiger partial charge in [0.2, 0.25) is 0 Å². The van der Waals surface area contributed by atoms with Crippen molar-refractivity contribution in [2.45, 2.75) is 18.8 Å². The van der Waals surface area contributed by atoms with Crippen molar-refractivity contribution in [1.82, 2.24) is 5.32 Å². The molecular weight excluding hydrogens is 230 g/mol. The topological polar surface area (TPSA) is 12.0 Å². The zero-order valence-corrected chi connectivity index (χ0v) is 11.7. The minimum absolute atomic E-state index is 0.387. The molecule has 19 heavy (non-hydrogen) atoms. The van der Waals surface area contributed by atoms with Gasteiger partial charge >= 0.3 is 0 Å². The molecule has 1 heteroatoms. The maximum atomic E-state index is 3.29. The maximum absolute atomic E-state index is 3.29. The van der Waals surface area contributed by atoms with Gasteiger partial charge in [-0.25, -0.2) is 0 Å². The molecule has 2 aromatic rings. The average Bonchev–Trinajstić information content (AvgIpc) is 3.12. The van der Waals surface area contributed by atoms with Crippen LogP contribution in [0.15, 0.2) is 54.6 Å². The van der Waals surface area contributed by atoms with Gasteiger partial charge in [0.25, 0.3) is 0 Å². The number of rotatable bonds is 4. The fourth-order valence-electron chi connectivity index (χ4n) is 3.02. The highest BCUT2D eigenvalue weighted by Crippen LogP contribution is 2.53. The molecule has 1 aliphatic carbocycles. The molecule has 2 atom stereocenters. The van der Waals surface area contributed by atoms with E-state index in [1.807, 2.05) is 7.05 Å². The van der Waals surface area contributed by atoms with Gasteiger partial charge in [-0.1, -0.05) is 61.5 Å². The normalized spacial score (nSPS) is 25.3. The molecule has 98 valence electrons. The zero-order valence-electron chi connectivity index (χ0n) is 11.7. The fourth-order valence-corrected chi connectivity index (χ4v) is 3.02. The predicted molar refractivity (Wildman–Crippen MR) is 81.3 cm³/mol. The van der Waals surface area contributed by atoms with Crippen molar-refractivity contribution in [3.63, 3.8) is 0 Å². The quantitative estimate of drug-likeness (QED) is 0.870. The summed E-state index contributed by atoms with van der Waals surface area (Å²) in [5.41, 5.74) is 4.46. The van der Waals surface area contributed by atoms with Crippen LogP contribution in [-0.4, -0.2) is 13.6 Å². The first-order chi connectivity index (χ1) is 9.24. The first kappa shape index (κ1) is 12.4. The lowest BCUT2D eigenvalue weighted by Gasteiger charge is -2.13. The smallest absolute Gasteiger partial charge is 0.00148 e. The van der Waals surface area contributed by atoms with E-state index >= 15 is 0 Å². The van der Waals surface area contributed by atoms with Crippen LogP contribution in [0.2, 0.25) is 0 Å². The monoisotopic (exact) mass is 251 g/mol. The Morgan fingerprint density at radius 1 is 1.00 bits per heavy atom. The van der Waals surface area contributed by atoms with Crippen molar-refractivity contribution < 1.29 is 0 Å². The Balaban J connectivity index is 1.81. The zero-order chi connectivity index (χ0) is 13.3. The first-order valence-electron chi connectivity index (χ1n) is 7.04. The Morgan fingerprint density at radius 3 is 2.26 bits per heavy atom. The molecule has 1 N–H and O–H groups in total. The van der Waals surface area contributed by atoms with Crippen LogP contribution in [0.1, 0.15) is 18.9 Å². The lowest BCUT2D eigenvalue weighted by molar-refractivity contribution is 0.617. The third-order valence-electron chi connectivity index (χ3n) is 4.51. The summed E-state index contributed by atoms with van der Waals surface area (Å²) in [5.74, 6) is 0.792. The molecule has 0 amide bonds. The number of hydrogen-bond acceptors (Lipinski definition) is 1. The highest BCUT2D eigenvalue weighted by atomic mass is 14.8. The minimum Gasteiger partial charge on any atom is -0.319 e. The molecule has 1 aliphatic rings. The summed E-state index contributed by atoms with van der Waals surface area (Å²) in [6.07, 6.45) is 1.30. The highest BCUT2D eigenvalue weighted by molar-refractivity contribution is 5.63. The van der Waals surface area contributed by atoms with Gasteiger partial charge in [0.15, 0.2) is 0 Å². The van der Waals surface area contributed by atoms with E-state index in [0.29, 0.717) is 5.41 Å². The lowest BCUT2D eigenvalue weighted by atomic mass is 9.93. The molecule has 1 saturated carbocycles. The van der Waals surface area contributed by atoms with Crippen molar-refractivity contribution in [2.75, 3.05) is 13.6 Å². The molecule has 0 saturated heterocycles. The van der Waals surface area contributed by atoms with Gasteiger partial charge in [-0.2, -0.15) is 0 Å². The van der Waals surface area contributed by atoms with E-state index in [4.69, 9.17) is 0 Å². The minimum atomic E-state index is 0.387. The second kappa shape index (κ2) is 4.82. The Kier molecular flexibility index (Phi) is 3.16. The molecule has 2 unspecified atom stereocenters. The Hall–Kier alpha value is -1.60. The van der Waals surface area contributed by atoms with Crippen molar-refractivity contribution in [3.05, 3.63) is 60.2 Å². The summed E-state index contributed by atoms with van der Waals surface area (Å²) in [6.45, 7) is 3.50. The fraction of sp³-hybridized carbons (Fsp3) is 0.333. The third kappa shape index (κ3) is 2.31. The molecule has 0 aliphatic heterocycles. The Bertz CT molecular complexity index is 544. The molecule has 1 fully saturated rings. The van der Waals surface area contributed by atoms with Crippen molar-refractivity contribution in [3.8, 4) is 11.1 Å². The Morgan fingerprint density at radius 2 is 1.63 bits per heavy atom. The highest BCUT2D eigenvalue weighted by Gasteiger charge is 2.50. The Labute approximate surface area is 115 Å². The summed E-state index contributed by atoms with van der Waals surface area (Å²) >= 11 is 0. The number of hydrogen-bond donors (Lipinski definition) is 1. The van der Waals surface area contributed by atoms with Crippen molar-refractivity contribution >= 4 is 0 Å². The van der Waals surface area contributed by atoms with E-state index in [9.17, 15) is 0 Å². The van der Waals surface area contributed by atoms with E-state index in [2.05, 4.69) is 66.8 Å². The third-order valence-corrected chi connectivity index (χ3v) is 4.51. The van der Waals surface area contributed by atoms with Gasteiger partial charge in [0.05, 0.1) is 0 Å². The van der Waals surface area contributed by atoms with E-state index in [1.54, 1.807) is 0 Å². The van der Waals surface area contributed by atoms with Gasteiger partial charge < -0.3 is 5.32 Å². The SMILES string of the molecule is CNCC1CC1(C)c1ccc(-c2ccccc2)cc1. The van der Waals surface area contributed by atoms with Crippen molar-refractivity contribution in [1.29, 1.82) is 0 Å². The van der Waals surface area contributed by atoms with Crippen LogP contribution in [0, 0.1) is 5.92 Å². The largest absolute Gasteiger partial charge is 0.319 e. The second-order valence-corrected chi connectivity index (χ2v) is 5.82. The van der Waals surface area contributed by atoms with E-state index in [0.717, 1.165) is 12.5 Å². The van der Waals surface area contributed by atoms with Crippen LogP contribution in [-0.2, 0) is 5.41 Å². The average molecular weight is 251 g/mol. The van der Waals surface area contributed by atoms with E-state index in [1.165, 1.54) is 23.1 Å². The van der Waals surface area contributed by atoms with E-state index in [-0.39, 0.29) is 0 Å². The molecule has 0 spiro atoms. The van der Waals surface area contributed by atoms with Crippen LogP contribution in [0.4, 0.5) is 0 Å². The van der Waals surface area contributed by atoms with Gasteiger partial charge in [-0.3, -0.25) is 0 Å². The summed E-state index contributed by atoms with van der Waals surface area (Å²) in [4.78, 5) is 0. The maximum Gasteiger partial charge on any atom is -0.00148 e. The molecule has 3 rings (SSSR count). The first-order valence-corrected chi connectivity index (χ1v) is 7.04. The van der Waals surface area contributed by atoms with E-state index < -0.39 is 0 Å². The van der Waals surface area contributed by atoms with Crippen LogP contribution < -0.4 is 5.32 Å². The lowest BCUT2D eigenvalue weighted by Crippen LogP contribution is -2.15.